The number of nitrogens with zero attached hydrogens (tertiary/aromatic N) is 2. The quantitative estimate of drug-likeness (QED) is 0.691. The Bertz CT molecular complexity index is 557. The molecule has 0 aliphatic carbocycles. The number of benzene rings is 1. The molecule has 0 N–H and O–H groups in total. The fraction of sp³-hybridized carbons (Fsp3) is 0.357. The van der Waals surface area contributed by atoms with Crippen LogP contribution in [0.1, 0.15) is 42.3 Å². The molecule has 1 aromatic carbocycles. The van der Waals surface area contributed by atoms with Crippen LogP contribution < -0.4 is 0 Å². The SMILES string of the molecule is CC(C)(C)C(=O)c1ccc2c(c1)C(C#N)=NC2. The number of hydrogen-bond acceptors (Lipinski definition) is 3. The van der Waals surface area contributed by atoms with Gasteiger partial charge in [-0.3, -0.25) is 9.79 Å². The maximum atomic E-state index is 12.1. The summed E-state index contributed by atoms with van der Waals surface area (Å²) in [4.78, 5) is 16.3. The number of hydrogen-bond donors (Lipinski definition) is 0. The first-order valence-corrected chi connectivity index (χ1v) is 5.56. The number of nitriles is 1. The van der Waals surface area contributed by atoms with Crippen molar-refractivity contribution >= 4 is 11.5 Å². The summed E-state index contributed by atoms with van der Waals surface area (Å²) >= 11 is 0. The van der Waals surface area contributed by atoms with Gasteiger partial charge in [0.05, 0.1) is 6.54 Å². The second kappa shape index (κ2) is 3.81. The third-order valence-corrected chi connectivity index (χ3v) is 2.82. The average molecular weight is 226 g/mol. The fourth-order valence-corrected chi connectivity index (χ4v) is 1.85. The Morgan fingerprint density at radius 2 is 2.12 bits per heavy atom. The van der Waals surface area contributed by atoms with Crippen LogP contribution in [0.4, 0.5) is 0 Å². The van der Waals surface area contributed by atoms with Crippen molar-refractivity contribution in [2.75, 3.05) is 0 Å². The first-order valence-electron chi connectivity index (χ1n) is 5.56. The van der Waals surface area contributed by atoms with E-state index in [0.29, 0.717) is 17.8 Å². The topological polar surface area (TPSA) is 53.2 Å². The van der Waals surface area contributed by atoms with Gasteiger partial charge in [0.25, 0.3) is 0 Å². The van der Waals surface area contributed by atoms with Gasteiger partial charge in [-0.05, 0) is 11.6 Å². The van der Waals surface area contributed by atoms with E-state index in [0.717, 1.165) is 11.1 Å². The third-order valence-electron chi connectivity index (χ3n) is 2.82. The van der Waals surface area contributed by atoms with Crippen molar-refractivity contribution in [1.29, 1.82) is 5.26 Å². The van der Waals surface area contributed by atoms with Crippen molar-refractivity contribution in [3.63, 3.8) is 0 Å². The summed E-state index contributed by atoms with van der Waals surface area (Å²) in [5.41, 5.74) is 2.51. The molecule has 1 aromatic rings. The lowest BCUT2D eigenvalue weighted by Gasteiger charge is -2.17. The number of rotatable bonds is 1. The van der Waals surface area contributed by atoms with Gasteiger partial charge in [0.1, 0.15) is 11.8 Å². The van der Waals surface area contributed by atoms with E-state index >= 15 is 0 Å². The molecule has 1 heterocycles. The molecule has 0 fully saturated rings. The minimum Gasteiger partial charge on any atom is -0.294 e. The molecule has 0 bridgehead atoms. The van der Waals surface area contributed by atoms with E-state index in [1.807, 2.05) is 32.9 Å². The van der Waals surface area contributed by atoms with E-state index in [1.54, 1.807) is 6.07 Å². The first kappa shape index (κ1) is 11.5. The van der Waals surface area contributed by atoms with Crippen molar-refractivity contribution in [2.24, 2.45) is 10.4 Å². The molecule has 0 saturated heterocycles. The molecule has 0 aromatic heterocycles. The molecule has 86 valence electrons. The minimum absolute atomic E-state index is 0.0875. The van der Waals surface area contributed by atoms with Gasteiger partial charge in [0, 0.05) is 16.5 Å². The fourth-order valence-electron chi connectivity index (χ4n) is 1.85. The van der Waals surface area contributed by atoms with Crippen LogP contribution in [0.15, 0.2) is 23.2 Å². The number of carbonyl (C=O) groups excluding carboxylic acids is 1. The Morgan fingerprint density at radius 3 is 2.71 bits per heavy atom. The van der Waals surface area contributed by atoms with E-state index < -0.39 is 5.41 Å². The predicted molar refractivity (Wildman–Crippen MR) is 66.1 cm³/mol. The van der Waals surface area contributed by atoms with E-state index in [-0.39, 0.29) is 5.78 Å². The molecule has 0 spiro atoms. The predicted octanol–water partition coefficient (Wildman–Crippen LogP) is 2.74. The molecule has 2 rings (SSSR count). The average Bonchev–Trinajstić information content (AvgIpc) is 2.68. The number of aliphatic imine (C=N–C) groups is 1. The standard InChI is InChI=1S/C14H14N2O/c1-14(2,3)13(17)9-4-5-10-8-16-12(7-15)11(10)6-9/h4-6H,8H2,1-3H3. The van der Waals surface area contributed by atoms with Crippen LogP contribution in [-0.4, -0.2) is 11.5 Å². The van der Waals surface area contributed by atoms with Gasteiger partial charge < -0.3 is 0 Å². The molecule has 0 radical (unpaired) electrons. The van der Waals surface area contributed by atoms with Crippen molar-refractivity contribution in [1.82, 2.24) is 0 Å². The van der Waals surface area contributed by atoms with Gasteiger partial charge >= 0.3 is 0 Å². The van der Waals surface area contributed by atoms with Gasteiger partial charge in [-0.2, -0.15) is 5.26 Å². The molecule has 3 heteroatoms. The second-order valence-electron chi connectivity index (χ2n) is 5.23. The maximum Gasteiger partial charge on any atom is 0.168 e. The monoisotopic (exact) mass is 226 g/mol. The molecule has 1 aliphatic rings. The summed E-state index contributed by atoms with van der Waals surface area (Å²) in [6, 6.07) is 7.57. The highest BCUT2D eigenvalue weighted by Gasteiger charge is 2.25. The number of fused-ring (bicyclic) bond motifs is 1. The molecule has 3 nitrogen and oxygen atoms in total. The largest absolute Gasteiger partial charge is 0.294 e. The zero-order valence-corrected chi connectivity index (χ0v) is 10.2. The van der Waals surface area contributed by atoms with Gasteiger partial charge in [0.15, 0.2) is 5.78 Å². The summed E-state index contributed by atoms with van der Waals surface area (Å²) in [5, 5.41) is 8.94. The van der Waals surface area contributed by atoms with Crippen LogP contribution >= 0.6 is 0 Å². The summed E-state index contributed by atoms with van der Waals surface area (Å²) in [5.74, 6) is 0.0875. The van der Waals surface area contributed by atoms with Crippen LogP contribution in [0.5, 0.6) is 0 Å². The second-order valence-corrected chi connectivity index (χ2v) is 5.23. The lowest BCUT2D eigenvalue weighted by atomic mass is 9.85. The highest BCUT2D eigenvalue weighted by Crippen LogP contribution is 2.25. The lowest BCUT2D eigenvalue weighted by Crippen LogP contribution is -2.20. The molecule has 1 aliphatic heterocycles. The Kier molecular flexibility index (Phi) is 2.59. The van der Waals surface area contributed by atoms with Gasteiger partial charge in [-0.25, -0.2) is 0 Å². The van der Waals surface area contributed by atoms with Crippen LogP contribution in [0.25, 0.3) is 0 Å². The Hall–Kier alpha value is -1.95. The van der Waals surface area contributed by atoms with Crippen molar-refractivity contribution in [3.8, 4) is 6.07 Å². The van der Waals surface area contributed by atoms with E-state index in [9.17, 15) is 4.79 Å². The highest BCUT2D eigenvalue weighted by atomic mass is 16.1. The molecular formula is C14H14N2O. The molecule has 0 atom stereocenters. The smallest absolute Gasteiger partial charge is 0.168 e. The summed E-state index contributed by atoms with van der Waals surface area (Å²) in [6.45, 7) is 6.22. The number of Topliss-reactive ketones (excluding diaryl/α,β-unsaturated/α-hetero) is 1. The van der Waals surface area contributed by atoms with Crippen molar-refractivity contribution in [2.45, 2.75) is 27.3 Å². The molecule has 17 heavy (non-hydrogen) atoms. The van der Waals surface area contributed by atoms with Crippen LogP contribution in [-0.2, 0) is 6.54 Å². The summed E-state index contributed by atoms with van der Waals surface area (Å²) < 4.78 is 0. The van der Waals surface area contributed by atoms with Crippen molar-refractivity contribution in [3.05, 3.63) is 34.9 Å². The first-order chi connectivity index (χ1) is 7.93. The molecular weight excluding hydrogens is 212 g/mol. The van der Waals surface area contributed by atoms with Gasteiger partial charge in [-0.15, -0.1) is 0 Å². The van der Waals surface area contributed by atoms with E-state index in [1.165, 1.54) is 0 Å². The summed E-state index contributed by atoms with van der Waals surface area (Å²) in [7, 11) is 0. The van der Waals surface area contributed by atoms with Crippen LogP contribution in [0, 0.1) is 16.7 Å². The maximum absolute atomic E-state index is 12.1. The molecule has 0 amide bonds. The Balaban J connectivity index is 2.46. The van der Waals surface area contributed by atoms with Crippen LogP contribution in [0.3, 0.4) is 0 Å². The normalized spacial score (nSPS) is 13.9. The Labute approximate surface area is 101 Å². The summed E-state index contributed by atoms with van der Waals surface area (Å²) in [6.07, 6.45) is 0. The lowest BCUT2D eigenvalue weighted by molar-refractivity contribution is 0.0858. The Morgan fingerprint density at radius 1 is 1.41 bits per heavy atom. The zero-order chi connectivity index (χ0) is 12.6. The van der Waals surface area contributed by atoms with Gasteiger partial charge in [-0.1, -0.05) is 32.9 Å². The van der Waals surface area contributed by atoms with Crippen molar-refractivity contribution < 1.29 is 4.79 Å². The van der Waals surface area contributed by atoms with E-state index in [2.05, 4.69) is 11.1 Å². The van der Waals surface area contributed by atoms with E-state index in [4.69, 9.17) is 5.26 Å². The molecule has 0 saturated carbocycles. The number of ketones is 1. The van der Waals surface area contributed by atoms with Crippen LogP contribution in [0.2, 0.25) is 0 Å². The molecule has 0 unspecified atom stereocenters. The highest BCUT2D eigenvalue weighted by molar-refractivity contribution is 6.15. The third kappa shape index (κ3) is 1.99. The van der Waals surface area contributed by atoms with Gasteiger partial charge in [0.2, 0.25) is 0 Å². The minimum atomic E-state index is -0.406. The number of carbonyl (C=O) groups is 1. The zero-order valence-electron chi connectivity index (χ0n) is 10.2.